The Morgan fingerprint density at radius 3 is 2.50 bits per heavy atom. The second-order valence-electron chi connectivity index (χ2n) is 7.54. The van der Waals surface area contributed by atoms with Gasteiger partial charge in [0.05, 0.1) is 11.3 Å². The van der Waals surface area contributed by atoms with Crippen LogP contribution in [-0.2, 0) is 0 Å². The summed E-state index contributed by atoms with van der Waals surface area (Å²) < 4.78 is 37.4. The molecule has 0 spiro atoms. The standard InChI is InChI=1S/C21H24ClF2N5O/c1-25-8-9-30-14-10-15(23)17(16(24)11-14)18-19(13-6-4-2-3-5-7-13)29-21(26-12-27-29)28-20(18)22/h10-13,25H,2-9H2,1H3. The van der Waals surface area contributed by atoms with Crippen LogP contribution in [0.5, 0.6) is 5.75 Å². The quantitative estimate of drug-likeness (QED) is 0.343. The average molecular weight is 436 g/mol. The molecule has 4 rings (SSSR count). The number of hydrogen-bond donors (Lipinski definition) is 1. The normalized spacial score (nSPS) is 15.5. The molecule has 0 atom stereocenters. The highest BCUT2D eigenvalue weighted by atomic mass is 35.5. The number of benzene rings is 1. The van der Waals surface area contributed by atoms with Crippen LogP contribution in [0.2, 0.25) is 5.15 Å². The molecule has 0 saturated heterocycles. The second-order valence-corrected chi connectivity index (χ2v) is 7.90. The molecule has 3 aromatic rings. The van der Waals surface area contributed by atoms with Gasteiger partial charge in [0.15, 0.2) is 0 Å². The van der Waals surface area contributed by atoms with E-state index < -0.39 is 11.6 Å². The van der Waals surface area contributed by atoms with Gasteiger partial charge in [-0.05, 0) is 19.9 Å². The maximum absolute atomic E-state index is 15.2. The molecule has 30 heavy (non-hydrogen) atoms. The number of likely N-dealkylation sites (N-methyl/N-ethyl adjacent to an activating group) is 1. The molecule has 1 saturated carbocycles. The molecule has 1 aromatic carbocycles. The first-order valence-electron chi connectivity index (χ1n) is 10.3. The van der Waals surface area contributed by atoms with Crippen molar-refractivity contribution < 1.29 is 13.5 Å². The van der Waals surface area contributed by atoms with Crippen LogP contribution in [0, 0.1) is 11.6 Å². The van der Waals surface area contributed by atoms with Crippen molar-refractivity contribution in [1.82, 2.24) is 24.9 Å². The van der Waals surface area contributed by atoms with E-state index >= 15 is 8.78 Å². The first kappa shape index (κ1) is 20.9. The van der Waals surface area contributed by atoms with Gasteiger partial charge in [-0.2, -0.15) is 15.1 Å². The molecule has 0 amide bonds. The molecule has 160 valence electrons. The summed E-state index contributed by atoms with van der Waals surface area (Å²) in [5, 5.41) is 7.23. The maximum Gasteiger partial charge on any atom is 0.253 e. The summed E-state index contributed by atoms with van der Waals surface area (Å²) in [4.78, 5) is 8.38. The molecule has 2 heterocycles. The molecule has 9 heteroatoms. The fraction of sp³-hybridized carbons (Fsp3) is 0.476. The van der Waals surface area contributed by atoms with Crippen LogP contribution in [0.15, 0.2) is 18.5 Å². The Bertz CT molecular complexity index is 1010. The van der Waals surface area contributed by atoms with Gasteiger partial charge in [-0.3, -0.25) is 0 Å². The topological polar surface area (TPSA) is 64.3 Å². The van der Waals surface area contributed by atoms with Gasteiger partial charge in [0, 0.05) is 30.2 Å². The van der Waals surface area contributed by atoms with Crippen LogP contribution in [0.25, 0.3) is 16.9 Å². The number of fused-ring (bicyclic) bond motifs is 1. The first-order chi connectivity index (χ1) is 14.6. The third-order valence-electron chi connectivity index (χ3n) is 5.55. The third-order valence-corrected chi connectivity index (χ3v) is 5.82. The van der Waals surface area contributed by atoms with Crippen LogP contribution in [0.3, 0.4) is 0 Å². The summed E-state index contributed by atoms with van der Waals surface area (Å²) in [6.07, 6.45) is 7.56. The highest BCUT2D eigenvalue weighted by Crippen LogP contribution is 2.42. The van der Waals surface area contributed by atoms with Gasteiger partial charge in [-0.15, -0.1) is 0 Å². The van der Waals surface area contributed by atoms with Gasteiger partial charge in [0.2, 0.25) is 0 Å². The van der Waals surface area contributed by atoms with Crippen molar-refractivity contribution in [3.8, 4) is 16.9 Å². The van der Waals surface area contributed by atoms with Crippen molar-refractivity contribution >= 4 is 17.4 Å². The van der Waals surface area contributed by atoms with Crippen LogP contribution >= 0.6 is 11.6 Å². The molecule has 0 unspecified atom stereocenters. The Labute approximate surface area is 178 Å². The Morgan fingerprint density at radius 1 is 1.13 bits per heavy atom. The summed E-state index contributed by atoms with van der Waals surface area (Å²) in [7, 11) is 1.78. The number of aromatic nitrogens is 4. The summed E-state index contributed by atoms with van der Waals surface area (Å²) in [6.45, 7) is 0.866. The maximum atomic E-state index is 15.2. The van der Waals surface area contributed by atoms with Crippen molar-refractivity contribution in [3.05, 3.63) is 40.9 Å². The van der Waals surface area contributed by atoms with E-state index in [0.717, 1.165) is 38.5 Å². The van der Waals surface area contributed by atoms with Crippen molar-refractivity contribution in [1.29, 1.82) is 0 Å². The summed E-state index contributed by atoms with van der Waals surface area (Å²) >= 11 is 6.48. The van der Waals surface area contributed by atoms with E-state index in [0.29, 0.717) is 24.6 Å². The number of nitrogens with zero attached hydrogens (tertiary/aromatic N) is 4. The molecule has 0 bridgehead atoms. The zero-order valence-corrected chi connectivity index (χ0v) is 17.6. The van der Waals surface area contributed by atoms with Crippen molar-refractivity contribution in [3.63, 3.8) is 0 Å². The smallest absolute Gasteiger partial charge is 0.253 e. The lowest BCUT2D eigenvalue weighted by Crippen LogP contribution is -2.16. The number of nitrogens with one attached hydrogen (secondary N) is 1. The minimum atomic E-state index is -0.743. The lowest BCUT2D eigenvalue weighted by Gasteiger charge is -2.21. The number of halogens is 3. The minimum absolute atomic E-state index is 0.0244. The molecule has 1 aliphatic rings. The predicted molar refractivity (Wildman–Crippen MR) is 111 cm³/mol. The highest BCUT2D eigenvalue weighted by Gasteiger charge is 2.29. The van der Waals surface area contributed by atoms with E-state index in [1.165, 1.54) is 18.5 Å². The summed E-state index contributed by atoms with van der Waals surface area (Å²) in [5.41, 5.74) is 0.717. The molecule has 1 aliphatic carbocycles. The van der Waals surface area contributed by atoms with E-state index in [1.807, 2.05) is 0 Å². The lowest BCUT2D eigenvalue weighted by molar-refractivity contribution is 0.315. The number of hydrogen-bond acceptors (Lipinski definition) is 5. The molecular weight excluding hydrogens is 412 g/mol. The van der Waals surface area contributed by atoms with Crippen LogP contribution < -0.4 is 10.1 Å². The molecule has 2 aromatic heterocycles. The highest BCUT2D eigenvalue weighted by molar-refractivity contribution is 6.32. The monoisotopic (exact) mass is 435 g/mol. The van der Waals surface area contributed by atoms with Gasteiger partial charge in [0.25, 0.3) is 5.78 Å². The fourth-order valence-electron chi connectivity index (χ4n) is 4.14. The Kier molecular flexibility index (Phi) is 6.43. The first-order valence-corrected chi connectivity index (χ1v) is 10.6. The summed E-state index contributed by atoms with van der Waals surface area (Å²) in [6, 6.07) is 2.37. The van der Waals surface area contributed by atoms with Gasteiger partial charge >= 0.3 is 0 Å². The SMILES string of the molecule is CNCCOc1cc(F)c(-c2c(Cl)nc3ncnn3c2C2CCCCCC2)c(F)c1. The molecule has 0 aliphatic heterocycles. The van der Waals surface area contributed by atoms with E-state index in [4.69, 9.17) is 16.3 Å². The Morgan fingerprint density at radius 2 is 1.83 bits per heavy atom. The Hall–Kier alpha value is -2.32. The third kappa shape index (κ3) is 4.11. The van der Waals surface area contributed by atoms with E-state index in [2.05, 4.69) is 20.4 Å². The van der Waals surface area contributed by atoms with Gasteiger partial charge in [0.1, 0.15) is 35.5 Å². The van der Waals surface area contributed by atoms with E-state index in [-0.39, 0.29) is 27.9 Å². The number of rotatable bonds is 6. The average Bonchev–Trinajstić information content (AvgIpc) is 3.00. The molecular formula is C21H24ClF2N5O. The van der Waals surface area contributed by atoms with Gasteiger partial charge in [-0.25, -0.2) is 13.3 Å². The largest absolute Gasteiger partial charge is 0.492 e. The fourth-order valence-corrected chi connectivity index (χ4v) is 4.41. The van der Waals surface area contributed by atoms with Crippen LogP contribution in [0.4, 0.5) is 8.78 Å². The van der Waals surface area contributed by atoms with Crippen molar-refractivity contribution in [2.24, 2.45) is 0 Å². The molecule has 0 radical (unpaired) electrons. The van der Waals surface area contributed by atoms with Crippen molar-refractivity contribution in [2.45, 2.75) is 44.4 Å². The van der Waals surface area contributed by atoms with E-state index in [1.54, 1.807) is 11.6 Å². The van der Waals surface area contributed by atoms with E-state index in [9.17, 15) is 0 Å². The van der Waals surface area contributed by atoms with Gasteiger partial charge < -0.3 is 10.1 Å². The van der Waals surface area contributed by atoms with Crippen molar-refractivity contribution in [2.75, 3.05) is 20.2 Å². The lowest BCUT2D eigenvalue weighted by atomic mass is 9.90. The van der Waals surface area contributed by atoms with Crippen LogP contribution in [0.1, 0.15) is 50.1 Å². The molecule has 6 nitrogen and oxygen atoms in total. The zero-order valence-electron chi connectivity index (χ0n) is 16.8. The molecule has 1 N–H and O–H groups in total. The Balaban J connectivity index is 1.86. The van der Waals surface area contributed by atoms with Gasteiger partial charge in [-0.1, -0.05) is 37.3 Å². The summed E-state index contributed by atoms with van der Waals surface area (Å²) in [5.74, 6) is -0.959. The second kappa shape index (κ2) is 9.22. The zero-order chi connectivity index (χ0) is 21.1. The predicted octanol–water partition coefficient (Wildman–Crippen LogP) is 4.76. The molecule has 1 fully saturated rings. The number of ether oxygens (including phenoxy) is 1. The van der Waals surface area contributed by atoms with Crippen LogP contribution in [-0.4, -0.2) is 39.8 Å². The minimum Gasteiger partial charge on any atom is -0.492 e.